The lowest BCUT2D eigenvalue weighted by molar-refractivity contribution is -0.116. The van der Waals surface area contributed by atoms with Crippen LogP contribution in [0.5, 0.6) is 0 Å². The van der Waals surface area contributed by atoms with Gasteiger partial charge in [-0.1, -0.05) is 48.0 Å². The lowest BCUT2D eigenvalue weighted by atomic mass is 10.1. The second-order valence-electron chi connectivity index (χ2n) is 7.09. The lowest BCUT2D eigenvalue weighted by Crippen LogP contribution is -2.21. The van der Waals surface area contributed by atoms with Gasteiger partial charge in [0.15, 0.2) is 0 Å². The van der Waals surface area contributed by atoms with Crippen LogP contribution in [0.3, 0.4) is 0 Å². The van der Waals surface area contributed by atoms with E-state index in [0.29, 0.717) is 11.3 Å². The highest BCUT2D eigenvalue weighted by Crippen LogP contribution is 2.55. The Kier molecular flexibility index (Phi) is 4.84. The molecule has 2 atom stereocenters. The Morgan fingerprint density at radius 1 is 1.07 bits per heavy atom. The zero-order chi connectivity index (χ0) is 19.9. The van der Waals surface area contributed by atoms with Crippen LogP contribution in [0.25, 0.3) is 20.9 Å². The predicted molar refractivity (Wildman–Crippen MR) is 118 cm³/mol. The number of rotatable bonds is 4. The van der Waals surface area contributed by atoms with Crippen LogP contribution in [0.2, 0.25) is 0 Å². The molecule has 3 aromatic carbocycles. The summed E-state index contributed by atoms with van der Waals surface area (Å²) >= 11 is 1.48. The van der Waals surface area contributed by atoms with Gasteiger partial charge in [-0.05, 0) is 52.2 Å². The first-order valence-electron chi connectivity index (χ1n) is 8.90. The van der Waals surface area contributed by atoms with E-state index in [4.69, 9.17) is 0 Å². The van der Waals surface area contributed by atoms with E-state index in [1.807, 2.05) is 73.0 Å². The van der Waals surface area contributed by atoms with Crippen molar-refractivity contribution >= 4 is 51.2 Å². The molecular weight excluding hydrogens is 389 g/mol. The standard InChI is InChI=1S/C22H20NO3PS/c1-14-7-10-20-18(11-14)19(13-28-20)21(27(2,25)26)22(24)23-17-9-8-15-5-3-4-6-16(15)12-17/h3-13,21H,1-2H3,(H,23,24)(H,25,26). The molecule has 142 valence electrons. The van der Waals surface area contributed by atoms with Crippen molar-refractivity contribution in [3.8, 4) is 0 Å². The molecule has 0 aliphatic carbocycles. The Morgan fingerprint density at radius 2 is 1.82 bits per heavy atom. The van der Waals surface area contributed by atoms with Gasteiger partial charge in [0.25, 0.3) is 0 Å². The SMILES string of the molecule is Cc1ccc2scc(C(C(=O)Nc3ccc4ccccc4c3)P(C)(=O)O)c2c1. The molecule has 0 spiro atoms. The predicted octanol–water partition coefficient (Wildman–Crippen LogP) is 5.94. The zero-order valence-corrected chi connectivity index (χ0v) is 17.3. The first-order chi connectivity index (χ1) is 13.3. The summed E-state index contributed by atoms with van der Waals surface area (Å²) in [6.45, 7) is 3.21. The molecule has 0 bridgehead atoms. The van der Waals surface area contributed by atoms with E-state index >= 15 is 0 Å². The van der Waals surface area contributed by atoms with Crippen LogP contribution in [0.15, 0.2) is 66.0 Å². The summed E-state index contributed by atoms with van der Waals surface area (Å²) < 4.78 is 13.7. The van der Waals surface area contributed by atoms with Crippen LogP contribution >= 0.6 is 18.7 Å². The van der Waals surface area contributed by atoms with Crippen molar-refractivity contribution in [3.63, 3.8) is 0 Å². The Morgan fingerprint density at radius 3 is 2.57 bits per heavy atom. The van der Waals surface area contributed by atoms with E-state index in [9.17, 15) is 14.3 Å². The average Bonchev–Trinajstić information content (AvgIpc) is 3.03. The van der Waals surface area contributed by atoms with Gasteiger partial charge in [-0.2, -0.15) is 0 Å². The van der Waals surface area contributed by atoms with Crippen LogP contribution in [0.1, 0.15) is 16.8 Å². The number of aryl methyl sites for hydroxylation is 1. The maximum atomic E-state index is 13.1. The minimum Gasteiger partial charge on any atom is -0.344 e. The zero-order valence-electron chi connectivity index (χ0n) is 15.5. The van der Waals surface area contributed by atoms with Gasteiger partial charge in [0.05, 0.1) is 0 Å². The fraction of sp³-hybridized carbons (Fsp3) is 0.136. The minimum absolute atomic E-state index is 0.468. The van der Waals surface area contributed by atoms with Gasteiger partial charge in [0.1, 0.15) is 5.66 Å². The second-order valence-corrected chi connectivity index (χ2v) is 10.4. The lowest BCUT2D eigenvalue weighted by Gasteiger charge is -2.20. The van der Waals surface area contributed by atoms with Gasteiger partial charge >= 0.3 is 0 Å². The van der Waals surface area contributed by atoms with Gasteiger partial charge in [-0.3, -0.25) is 9.36 Å². The summed E-state index contributed by atoms with van der Waals surface area (Å²) in [5, 5.41) is 7.59. The molecule has 28 heavy (non-hydrogen) atoms. The van der Waals surface area contributed by atoms with Crippen LogP contribution < -0.4 is 5.32 Å². The Hall–Kier alpha value is -2.46. The third-order valence-corrected chi connectivity index (χ3v) is 7.25. The van der Waals surface area contributed by atoms with Gasteiger partial charge in [-0.25, -0.2) is 0 Å². The second kappa shape index (κ2) is 7.17. The summed E-state index contributed by atoms with van der Waals surface area (Å²) in [6, 6.07) is 19.4. The number of thiophene rings is 1. The van der Waals surface area contributed by atoms with E-state index in [2.05, 4.69) is 5.32 Å². The molecule has 0 fully saturated rings. The van der Waals surface area contributed by atoms with Crippen molar-refractivity contribution in [2.45, 2.75) is 12.6 Å². The number of anilines is 1. The van der Waals surface area contributed by atoms with Crippen LogP contribution in [-0.4, -0.2) is 17.5 Å². The minimum atomic E-state index is -3.73. The molecular formula is C22H20NO3PS. The largest absolute Gasteiger partial charge is 0.344 e. The number of amides is 1. The number of hydrogen-bond donors (Lipinski definition) is 2. The Labute approximate surface area is 167 Å². The highest BCUT2D eigenvalue weighted by molar-refractivity contribution is 7.58. The summed E-state index contributed by atoms with van der Waals surface area (Å²) in [6.07, 6.45) is 0. The van der Waals surface area contributed by atoms with Crippen LogP contribution in [0.4, 0.5) is 5.69 Å². The fourth-order valence-corrected chi connectivity index (χ4v) is 5.77. The number of carbonyl (C=O) groups excluding carboxylic acids is 1. The molecule has 0 radical (unpaired) electrons. The molecule has 6 heteroatoms. The Balaban J connectivity index is 1.73. The average molecular weight is 409 g/mol. The molecule has 0 saturated carbocycles. The molecule has 2 N–H and O–H groups in total. The smallest absolute Gasteiger partial charge is 0.241 e. The van der Waals surface area contributed by atoms with E-state index in [1.54, 1.807) is 0 Å². The van der Waals surface area contributed by atoms with Crippen molar-refractivity contribution in [1.29, 1.82) is 0 Å². The maximum absolute atomic E-state index is 13.1. The molecule has 4 aromatic rings. The van der Waals surface area contributed by atoms with Crippen molar-refractivity contribution in [2.24, 2.45) is 0 Å². The molecule has 4 rings (SSSR count). The molecule has 1 amide bonds. The third-order valence-electron chi connectivity index (χ3n) is 4.80. The Bertz CT molecular complexity index is 1240. The highest BCUT2D eigenvalue weighted by atomic mass is 32.1. The molecule has 1 heterocycles. The molecule has 0 aliphatic rings. The van der Waals surface area contributed by atoms with Gasteiger partial charge in [0, 0.05) is 17.1 Å². The highest BCUT2D eigenvalue weighted by Gasteiger charge is 2.36. The van der Waals surface area contributed by atoms with E-state index in [1.165, 1.54) is 18.0 Å². The van der Waals surface area contributed by atoms with Crippen molar-refractivity contribution in [1.82, 2.24) is 0 Å². The molecule has 0 saturated heterocycles. The number of hydrogen-bond acceptors (Lipinski definition) is 3. The van der Waals surface area contributed by atoms with E-state index < -0.39 is 18.9 Å². The van der Waals surface area contributed by atoms with E-state index in [-0.39, 0.29) is 0 Å². The van der Waals surface area contributed by atoms with Crippen molar-refractivity contribution in [3.05, 3.63) is 77.2 Å². The number of fused-ring (bicyclic) bond motifs is 2. The topological polar surface area (TPSA) is 66.4 Å². The normalized spacial score (nSPS) is 14.7. The fourth-order valence-electron chi connectivity index (χ4n) is 3.47. The first-order valence-corrected chi connectivity index (χ1v) is 12.0. The van der Waals surface area contributed by atoms with Gasteiger partial charge < -0.3 is 10.2 Å². The number of benzene rings is 3. The van der Waals surface area contributed by atoms with Crippen molar-refractivity contribution < 1.29 is 14.3 Å². The van der Waals surface area contributed by atoms with Crippen molar-refractivity contribution in [2.75, 3.05) is 12.0 Å². The summed E-state index contributed by atoms with van der Waals surface area (Å²) in [4.78, 5) is 23.5. The molecule has 2 unspecified atom stereocenters. The first kappa shape index (κ1) is 18.9. The third kappa shape index (κ3) is 3.61. The number of carbonyl (C=O) groups is 1. The van der Waals surface area contributed by atoms with Gasteiger partial charge in [0.2, 0.25) is 13.3 Å². The number of nitrogens with one attached hydrogen (secondary N) is 1. The summed E-state index contributed by atoms with van der Waals surface area (Å²) in [5.74, 6) is -0.468. The molecule has 4 nitrogen and oxygen atoms in total. The molecule has 1 aromatic heterocycles. The van der Waals surface area contributed by atoms with Crippen LogP contribution in [-0.2, 0) is 9.36 Å². The molecule has 0 aliphatic heterocycles. The quantitative estimate of drug-likeness (QED) is 0.410. The summed E-state index contributed by atoms with van der Waals surface area (Å²) in [5.41, 5.74) is 1.15. The monoisotopic (exact) mass is 409 g/mol. The van der Waals surface area contributed by atoms with E-state index in [0.717, 1.165) is 26.4 Å². The van der Waals surface area contributed by atoms with Gasteiger partial charge in [-0.15, -0.1) is 11.3 Å². The van der Waals surface area contributed by atoms with Crippen LogP contribution in [0, 0.1) is 6.92 Å². The summed E-state index contributed by atoms with van der Waals surface area (Å²) in [7, 11) is -3.73. The maximum Gasteiger partial charge on any atom is 0.241 e.